The molecule has 0 radical (unpaired) electrons. The number of nitrogens with zero attached hydrogens (tertiary/aromatic N) is 2. The molecular formula is C16H20N2O5S2. The molecule has 1 aromatic carbocycles. The van der Waals surface area contributed by atoms with Crippen molar-refractivity contribution in [2.45, 2.75) is 24.6 Å². The quantitative estimate of drug-likeness (QED) is 0.781. The number of benzene rings is 1. The first-order chi connectivity index (χ1) is 11.9. The standard InChI is InChI=1S/C16H20N2O5S2/c1-4-15(19)17-16-18(11-8-25(20,21)9-14(11)24-16)10-5-6-12(22-2)13(7-10)23-3/h5-7,11,14H,4,8-9H2,1-3H3/t11-,14+/m0/s1. The Labute approximate surface area is 151 Å². The van der Waals surface area contributed by atoms with Gasteiger partial charge in [0, 0.05) is 23.4 Å². The fraction of sp³-hybridized carbons (Fsp3) is 0.500. The number of hydrogen-bond acceptors (Lipinski definition) is 6. The van der Waals surface area contributed by atoms with Crippen molar-refractivity contribution in [2.24, 2.45) is 4.99 Å². The lowest BCUT2D eigenvalue weighted by atomic mass is 10.2. The van der Waals surface area contributed by atoms with Crippen LogP contribution in [0.5, 0.6) is 11.5 Å². The molecule has 1 amide bonds. The van der Waals surface area contributed by atoms with Crippen LogP contribution in [0, 0.1) is 0 Å². The summed E-state index contributed by atoms with van der Waals surface area (Å²) in [4.78, 5) is 17.8. The Balaban J connectivity index is 2.04. The topological polar surface area (TPSA) is 85.3 Å². The molecule has 0 saturated carbocycles. The number of anilines is 1. The maximum absolute atomic E-state index is 12.0. The number of aliphatic imine (C=N–C) groups is 1. The van der Waals surface area contributed by atoms with E-state index in [0.717, 1.165) is 5.69 Å². The second kappa shape index (κ2) is 6.87. The Bertz CT molecular complexity index is 822. The monoisotopic (exact) mass is 384 g/mol. The van der Waals surface area contributed by atoms with E-state index >= 15 is 0 Å². The smallest absolute Gasteiger partial charge is 0.247 e. The Morgan fingerprint density at radius 1 is 1.28 bits per heavy atom. The Morgan fingerprint density at radius 2 is 2.00 bits per heavy atom. The summed E-state index contributed by atoms with van der Waals surface area (Å²) in [5.41, 5.74) is 0.734. The fourth-order valence-corrected chi connectivity index (χ4v) is 6.96. The number of thioether (sulfide) groups is 1. The molecule has 2 atom stereocenters. The third kappa shape index (κ3) is 3.48. The summed E-state index contributed by atoms with van der Waals surface area (Å²) in [5.74, 6) is 1.05. The van der Waals surface area contributed by atoms with Crippen molar-refractivity contribution in [3.05, 3.63) is 18.2 Å². The van der Waals surface area contributed by atoms with Gasteiger partial charge in [-0.2, -0.15) is 4.99 Å². The van der Waals surface area contributed by atoms with Gasteiger partial charge in [-0.1, -0.05) is 18.7 Å². The first kappa shape index (κ1) is 18.1. The molecule has 2 fully saturated rings. The molecule has 2 aliphatic rings. The van der Waals surface area contributed by atoms with Crippen LogP contribution >= 0.6 is 11.8 Å². The van der Waals surface area contributed by atoms with Crippen molar-refractivity contribution in [1.82, 2.24) is 0 Å². The average Bonchev–Trinajstić information content (AvgIpc) is 3.04. The molecule has 7 nitrogen and oxygen atoms in total. The number of carbonyl (C=O) groups excluding carboxylic acids is 1. The molecule has 0 N–H and O–H groups in total. The summed E-state index contributed by atoms with van der Waals surface area (Å²) < 4.78 is 34.7. The number of carbonyl (C=O) groups is 1. The van der Waals surface area contributed by atoms with Gasteiger partial charge in [-0.25, -0.2) is 8.42 Å². The molecule has 9 heteroatoms. The van der Waals surface area contributed by atoms with Gasteiger partial charge in [0.15, 0.2) is 26.5 Å². The highest BCUT2D eigenvalue weighted by atomic mass is 32.2. The molecule has 1 aromatic rings. The SMILES string of the molecule is CCC(=O)N=C1S[C@@H]2CS(=O)(=O)C[C@@H]2N1c1ccc(OC)c(OC)c1. The van der Waals surface area contributed by atoms with Crippen molar-refractivity contribution < 1.29 is 22.7 Å². The van der Waals surface area contributed by atoms with Gasteiger partial charge in [-0.05, 0) is 12.1 Å². The fourth-order valence-electron chi connectivity index (χ4n) is 3.03. The number of fused-ring (bicyclic) bond motifs is 1. The predicted molar refractivity (Wildman–Crippen MR) is 98.6 cm³/mol. The van der Waals surface area contributed by atoms with Crippen LogP contribution in [-0.4, -0.2) is 56.5 Å². The zero-order valence-electron chi connectivity index (χ0n) is 14.3. The largest absolute Gasteiger partial charge is 0.493 e. The summed E-state index contributed by atoms with van der Waals surface area (Å²) in [7, 11) is 0.000923. The van der Waals surface area contributed by atoms with Crippen LogP contribution in [-0.2, 0) is 14.6 Å². The highest BCUT2D eigenvalue weighted by Crippen LogP contribution is 2.43. The van der Waals surface area contributed by atoms with Gasteiger partial charge in [0.1, 0.15) is 0 Å². The number of rotatable bonds is 4. The van der Waals surface area contributed by atoms with Crippen LogP contribution in [0.15, 0.2) is 23.2 Å². The van der Waals surface area contributed by atoms with Gasteiger partial charge in [-0.3, -0.25) is 4.79 Å². The van der Waals surface area contributed by atoms with E-state index in [9.17, 15) is 13.2 Å². The van der Waals surface area contributed by atoms with Gasteiger partial charge < -0.3 is 14.4 Å². The van der Waals surface area contributed by atoms with Crippen molar-refractivity contribution in [2.75, 3.05) is 30.6 Å². The third-order valence-electron chi connectivity index (χ3n) is 4.23. The summed E-state index contributed by atoms with van der Waals surface area (Å²) >= 11 is 1.36. The maximum atomic E-state index is 12.0. The molecule has 0 bridgehead atoms. The molecular weight excluding hydrogens is 364 g/mol. The van der Waals surface area contributed by atoms with Crippen molar-refractivity contribution in [3.8, 4) is 11.5 Å². The molecule has 25 heavy (non-hydrogen) atoms. The summed E-state index contributed by atoms with van der Waals surface area (Å²) in [6.45, 7) is 1.75. The Morgan fingerprint density at radius 3 is 2.64 bits per heavy atom. The van der Waals surface area contributed by atoms with Gasteiger partial charge in [0.2, 0.25) is 5.91 Å². The lowest BCUT2D eigenvalue weighted by Crippen LogP contribution is -2.37. The number of ether oxygens (including phenoxy) is 2. The second-order valence-corrected chi connectivity index (χ2v) is 9.21. The number of amides is 1. The lowest BCUT2D eigenvalue weighted by Gasteiger charge is -2.25. The third-order valence-corrected chi connectivity index (χ3v) is 7.44. The summed E-state index contributed by atoms with van der Waals surface area (Å²) in [6.07, 6.45) is 0.303. The average molecular weight is 384 g/mol. The van der Waals surface area contributed by atoms with Crippen LogP contribution in [0.2, 0.25) is 0 Å². The molecule has 2 aliphatic heterocycles. The molecule has 2 heterocycles. The summed E-state index contributed by atoms with van der Waals surface area (Å²) in [5, 5.41) is 0.422. The van der Waals surface area contributed by atoms with E-state index < -0.39 is 9.84 Å². The van der Waals surface area contributed by atoms with Crippen molar-refractivity contribution in [1.29, 1.82) is 0 Å². The lowest BCUT2D eigenvalue weighted by molar-refractivity contribution is -0.117. The number of methoxy groups -OCH3 is 2. The first-order valence-electron chi connectivity index (χ1n) is 7.88. The minimum atomic E-state index is -3.09. The molecule has 0 spiro atoms. The molecule has 0 aliphatic carbocycles. The van der Waals surface area contributed by atoms with Crippen LogP contribution in [0.4, 0.5) is 5.69 Å². The van der Waals surface area contributed by atoms with Gasteiger partial charge in [0.25, 0.3) is 0 Å². The van der Waals surface area contributed by atoms with E-state index in [1.54, 1.807) is 33.3 Å². The number of sulfone groups is 1. The molecule has 136 valence electrons. The van der Waals surface area contributed by atoms with Crippen LogP contribution < -0.4 is 14.4 Å². The van der Waals surface area contributed by atoms with Crippen LogP contribution in [0.25, 0.3) is 0 Å². The van der Waals surface area contributed by atoms with Crippen molar-refractivity contribution >= 4 is 38.4 Å². The minimum Gasteiger partial charge on any atom is -0.493 e. The van der Waals surface area contributed by atoms with E-state index in [2.05, 4.69) is 4.99 Å². The molecule has 3 rings (SSSR count). The number of amidine groups is 1. The highest BCUT2D eigenvalue weighted by molar-refractivity contribution is 8.16. The molecule has 0 aromatic heterocycles. The number of hydrogen-bond donors (Lipinski definition) is 0. The van der Waals surface area contributed by atoms with Crippen molar-refractivity contribution in [3.63, 3.8) is 0 Å². The van der Waals surface area contributed by atoms with Gasteiger partial charge in [-0.15, -0.1) is 0 Å². The van der Waals surface area contributed by atoms with Crippen LogP contribution in [0.1, 0.15) is 13.3 Å². The zero-order chi connectivity index (χ0) is 18.2. The van der Waals surface area contributed by atoms with E-state index in [-0.39, 0.29) is 28.7 Å². The Kier molecular flexibility index (Phi) is 4.97. The normalized spacial score (nSPS) is 25.9. The van der Waals surface area contributed by atoms with Crippen LogP contribution in [0.3, 0.4) is 0 Å². The molecule has 0 unspecified atom stereocenters. The van der Waals surface area contributed by atoms with Gasteiger partial charge in [0.05, 0.1) is 31.8 Å². The van der Waals surface area contributed by atoms with Gasteiger partial charge >= 0.3 is 0 Å². The molecule has 2 saturated heterocycles. The second-order valence-electron chi connectivity index (χ2n) is 5.85. The highest BCUT2D eigenvalue weighted by Gasteiger charge is 2.49. The minimum absolute atomic E-state index is 0.0539. The maximum Gasteiger partial charge on any atom is 0.247 e. The predicted octanol–water partition coefficient (Wildman–Crippen LogP) is 1.72. The van der Waals surface area contributed by atoms with E-state index in [1.165, 1.54) is 11.8 Å². The van der Waals surface area contributed by atoms with E-state index in [4.69, 9.17) is 9.47 Å². The Hall–Kier alpha value is -1.74. The van der Waals surface area contributed by atoms with E-state index in [1.807, 2.05) is 11.0 Å². The summed E-state index contributed by atoms with van der Waals surface area (Å²) in [6, 6.07) is 5.12. The first-order valence-corrected chi connectivity index (χ1v) is 10.6. The van der Waals surface area contributed by atoms with E-state index in [0.29, 0.717) is 23.1 Å². The zero-order valence-corrected chi connectivity index (χ0v) is 15.9.